The van der Waals surface area contributed by atoms with Gasteiger partial charge in [0.25, 0.3) is 0 Å². The zero-order valence-electron chi connectivity index (χ0n) is 9.94. The Labute approximate surface area is 105 Å². The van der Waals surface area contributed by atoms with Crippen LogP contribution < -0.4 is 5.32 Å². The van der Waals surface area contributed by atoms with Gasteiger partial charge in [0, 0.05) is 6.54 Å². The molecule has 4 heteroatoms. The number of aromatic hydroxyl groups is 1. The molecule has 0 bridgehead atoms. The Morgan fingerprint density at radius 2 is 1.89 bits per heavy atom. The summed E-state index contributed by atoms with van der Waals surface area (Å²) >= 11 is 0. The first kappa shape index (κ1) is 12.5. The van der Waals surface area contributed by atoms with Crippen molar-refractivity contribution in [3.8, 4) is 5.75 Å². The van der Waals surface area contributed by atoms with E-state index < -0.39 is 0 Å². The largest absolute Gasteiger partial charge is 0.506 e. The molecule has 18 heavy (non-hydrogen) atoms. The summed E-state index contributed by atoms with van der Waals surface area (Å²) in [5.41, 5.74) is 1.98. The summed E-state index contributed by atoms with van der Waals surface area (Å²) in [5, 5.41) is 12.3. The summed E-state index contributed by atoms with van der Waals surface area (Å²) in [7, 11) is 0. The first-order valence-electron chi connectivity index (χ1n) is 5.83. The van der Waals surface area contributed by atoms with E-state index in [0.717, 1.165) is 24.2 Å². The van der Waals surface area contributed by atoms with Gasteiger partial charge in [-0.1, -0.05) is 12.1 Å². The minimum Gasteiger partial charge on any atom is -0.506 e. The van der Waals surface area contributed by atoms with E-state index >= 15 is 0 Å². The summed E-state index contributed by atoms with van der Waals surface area (Å²) in [5.74, 6) is -0.0370. The van der Waals surface area contributed by atoms with E-state index in [2.05, 4.69) is 10.3 Å². The van der Waals surface area contributed by atoms with Gasteiger partial charge >= 0.3 is 0 Å². The topological polar surface area (TPSA) is 45.1 Å². The first-order chi connectivity index (χ1) is 8.74. The maximum Gasteiger partial charge on any atom is 0.133 e. The van der Waals surface area contributed by atoms with Crippen LogP contribution in [0.4, 0.5) is 4.39 Å². The van der Waals surface area contributed by atoms with Gasteiger partial charge in [-0.25, -0.2) is 4.39 Å². The van der Waals surface area contributed by atoms with Crippen LogP contribution in [0, 0.1) is 5.82 Å². The smallest absolute Gasteiger partial charge is 0.133 e. The lowest BCUT2D eigenvalue weighted by Crippen LogP contribution is -2.17. The lowest BCUT2D eigenvalue weighted by molar-refractivity contribution is 0.471. The number of nitrogens with one attached hydrogen (secondary N) is 1. The Kier molecular flexibility index (Phi) is 4.25. The Hall–Kier alpha value is -1.94. The molecular weight excluding hydrogens is 231 g/mol. The van der Waals surface area contributed by atoms with E-state index in [0.29, 0.717) is 6.54 Å². The van der Waals surface area contributed by atoms with Crippen molar-refractivity contribution in [3.05, 3.63) is 59.7 Å². The molecular formula is C14H15FN2O. The molecule has 0 amide bonds. The van der Waals surface area contributed by atoms with Gasteiger partial charge in [0.05, 0.1) is 11.9 Å². The number of hydrogen-bond acceptors (Lipinski definition) is 3. The molecule has 0 aliphatic rings. The summed E-state index contributed by atoms with van der Waals surface area (Å²) < 4.78 is 12.7. The van der Waals surface area contributed by atoms with Gasteiger partial charge in [0.2, 0.25) is 0 Å². The first-order valence-corrected chi connectivity index (χ1v) is 5.83. The summed E-state index contributed by atoms with van der Waals surface area (Å²) in [6.45, 7) is 1.45. The quantitative estimate of drug-likeness (QED) is 0.795. The molecule has 0 spiro atoms. The van der Waals surface area contributed by atoms with Crippen molar-refractivity contribution in [1.29, 1.82) is 0 Å². The fourth-order valence-corrected chi connectivity index (χ4v) is 1.62. The number of rotatable bonds is 5. The number of hydrogen-bond donors (Lipinski definition) is 2. The average Bonchev–Trinajstić information content (AvgIpc) is 2.39. The van der Waals surface area contributed by atoms with Crippen molar-refractivity contribution < 1.29 is 9.50 Å². The Morgan fingerprint density at radius 3 is 2.56 bits per heavy atom. The predicted molar refractivity (Wildman–Crippen MR) is 67.7 cm³/mol. The van der Waals surface area contributed by atoms with Crippen LogP contribution in [-0.2, 0) is 13.0 Å². The Bertz CT molecular complexity index is 435. The Balaban J connectivity index is 1.73. The molecule has 0 saturated heterocycles. The highest BCUT2D eigenvalue weighted by Gasteiger charge is 1.96. The zero-order valence-corrected chi connectivity index (χ0v) is 9.94. The molecule has 0 saturated carbocycles. The van der Waals surface area contributed by atoms with Crippen LogP contribution in [0.5, 0.6) is 5.75 Å². The van der Waals surface area contributed by atoms with Crippen LogP contribution in [0.2, 0.25) is 0 Å². The SMILES string of the molecule is Oc1ccc(CNCCc2ccc(F)cc2)nc1. The molecule has 2 N–H and O–H groups in total. The highest BCUT2D eigenvalue weighted by atomic mass is 19.1. The molecule has 3 nitrogen and oxygen atoms in total. The second-order valence-electron chi connectivity index (χ2n) is 4.06. The van der Waals surface area contributed by atoms with Crippen molar-refractivity contribution >= 4 is 0 Å². The lowest BCUT2D eigenvalue weighted by atomic mass is 10.1. The molecule has 0 aliphatic heterocycles. The summed E-state index contributed by atoms with van der Waals surface area (Å²) in [4.78, 5) is 4.07. The highest BCUT2D eigenvalue weighted by molar-refractivity contribution is 5.18. The minimum absolute atomic E-state index is 0.171. The van der Waals surface area contributed by atoms with Crippen LogP contribution in [0.3, 0.4) is 0 Å². The van der Waals surface area contributed by atoms with Gasteiger partial charge in [0.15, 0.2) is 0 Å². The molecule has 2 aromatic rings. The number of nitrogens with zero attached hydrogens (tertiary/aromatic N) is 1. The van der Waals surface area contributed by atoms with Crippen LogP contribution in [0.15, 0.2) is 42.6 Å². The van der Waals surface area contributed by atoms with Crippen molar-refractivity contribution in [2.24, 2.45) is 0 Å². The van der Waals surface area contributed by atoms with Gasteiger partial charge < -0.3 is 10.4 Å². The normalized spacial score (nSPS) is 10.5. The molecule has 1 aromatic carbocycles. The van der Waals surface area contributed by atoms with Crippen LogP contribution >= 0.6 is 0 Å². The van der Waals surface area contributed by atoms with Crippen molar-refractivity contribution in [2.45, 2.75) is 13.0 Å². The van der Waals surface area contributed by atoms with E-state index in [1.54, 1.807) is 24.3 Å². The number of aromatic nitrogens is 1. The van der Waals surface area contributed by atoms with E-state index in [-0.39, 0.29) is 11.6 Å². The molecule has 0 radical (unpaired) electrons. The van der Waals surface area contributed by atoms with E-state index in [1.807, 2.05) is 0 Å². The summed E-state index contributed by atoms with van der Waals surface area (Å²) in [6, 6.07) is 9.91. The maximum absolute atomic E-state index is 12.7. The molecule has 0 atom stereocenters. The van der Waals surface area contributed by atoms with Crippen molar-refractivity contribution in [2.75, 3.05) is 6.54 Å². The summed E-state index contributed by atoms with van der Waals surface area (Å²) in [6.07, 6.45) is 2.27. The highest BCUT2D eigenvalue weighted by Crippen LogP contribution is 2.06. The van der Waals surface area contributed by atoms with Gasteiger partial charge in [0.1, 0.15) is 11.6 Å². The van der Waals surface area contributed by atoms with Crippen LogP contribution in [-0.4, -0.2) is 16.6 Å². The third-order valence-corrected chi connectivity index (χ3v) is 2.62. The van der Waals surface area contributed by atoms with Gasteiger partial charge in [-0.2, -0.15) is 0 Å². The van der Waals surface area contributed by atoms with Crippen LogP contribution in [0.1, 0.15) is 11.3 Å². The molecule has 0 fully saturated rings. The second kappa shape index (κ2) is 6.12. The van der Waals surface area contributed by atoms with Crippen molar-refractivity contribution in [1.82, 2.24) is 10.3 Å². The molecule has 1 aromatic heterocycles. The van der Waals surface area contributed by atoms with Gasteiger partial charge in [-0.15, -0.1) is 0 Å². The fraction of sp³-hybridized carbons (Fsp3) is 0.214. The molecule has 0 aliphatic carbocycles. The average molecular weight is 246 g/mol. The Morgan fingerprint density at radius 1 is 1.11 bits per heavy atom. The number of pyridine rings is 1. The van der Waals surface area contributed by atoms with E-state index in [1.165, 1.54) is 18.3 Å². The fourth-order valence-electron chi connectivity index (χ4n) is 1.62. The minimum atomic E-state index is -0.208. The van der Waals surface area contributed by atoms with Crippen molar-refractivity contribution in [3.63, 3.8) is 0 Å². The number of halogens is 1. The third-order valence-electron chi connectivity index (χ3n) is 2.62. The van der Waals surface area contributed by atoms with Gasteiger partial charge in [-0.05, 0) is 42.8 Å². The van der Waals surface area contributed by atoms with Gasteiger partial charge in [-0.3, -0.25) is 4.98 Å². The maximum atomic E-state index is 12.7. The molecule has 94 valence electrons. The number of benzene rings is 1. The predicted octanol–water partition coefficient (Wildman–Crippen LogP) is 2.26. The zero-order chi connectivity index (χ0) is 12.8. The molecule has 0 unspecified atom stereocenters. The lowest BCUT2D eigenvalue weighted by Gasteiger charge is -2.04. The monoisotopic (exact) mass is 246 g/mol. The van der Waals surface area contributed by atoms with E-state index in [4.69, 9.17) is 5.11 Å². The third kappa shape index (κ3) is 3.82. The second-order valence-corrected chi connectivity index (χ2v) is 4.06. The van der Waals surface area contributed by atoms with E-state index in [9.17, 15) is 4.39 Å². The molecule has 1 heterocycles. The molecule has 2 rings (SSSR count). The van der Waals surface area contributed by atoms with Crippen LogP contribution in [0.25, 0.3) is 0 Å². The standard InChI is InChI=1S/C14H15FN2O/c15-12-3-1-11(2-4-12)7-8-16-9-13-5-6-14(18)10-17-13/h1-6,10,16,18H,7-9H2.